The Hall–Kier alpha value is -5.21. The summed E-state index contributed by atoms with van der Waals surface area (Å²) in [7, 11) is 0. The van der Waals surface area contributed by atoms with Crippen LogP contribution < -0.4 is 0 Å². The Bertz CT molecular complexity index is 2540. The van der Waals surface area contributed by atoms with Gasteiger partial charge in [0.05, 0.1) is 20.6 Å². The number of hydrogen-bond acceptors (Lipinski definition) is 1. The lowest BCUT2D eigenvalue weighted by molar-refractivity contribution is 1.00. The zero-order valence-electron chi connectivity index (χ0n) is 28.6. The van der Waals surface area contributed by atoms with Crippen molar-refractivity contribution in [3.63, 3.8) is 0 Å². The van der Waals surface area contributed by atoms with Gasteiger partial charge in [-0.05, 0) is 85.8 Å². The van der Waals surface area contributed by atoms with Crippen LogP contribution in [0.25, 0.3) is 71.3 Å². The average Bonchev–Trinajstić information content (AvgIpc) is 3.43. The molecular formula is C38H26N2. The summed E-state index contributed by atoms with van der Waals surface area (Å²) in [5.41, 5.74) is 5.75. The molecule has 0 fully saturated rings. The van der Waals surface area contributed by atoms with Crippen molar-refractivity contribution >= 4 is 43.4 Å². The summed E-state index contributed by atoms with van der Waals surface area (Å²) in [6.45, 7) is 1.99. The van der Waals surface area contributed by atoms with Crippen molar-refractivity contribution in [1.29, 1.82) is 0 Å². The van der Waals surface area contributed by atoms with Gasteiger partial charge in [-0.15, -0.1) is 0 Å². The van der Waals surface area contributed by atoms with Crippen molar-refractivity contribution in [2.75, 3.05) is 0 Å². The highest BCUT2D eigenvalue weighted by molar-refractivity contribution is 6.23. The van der Waals surface area contributed by atoms with E-state index in [1.807, 2.05) is 73.7 Å². The zero-order valence-corrected chi connectivity index (χ0v) is 21.6. The molecular weight excluding hydrogens is 484 g/mol. The minimum absolute atomic E-state index is 0.0536. The van der Waals surface area contributed by atoms with E-state index in [4.69, 9.17) is 14.6 Å². The third kappa shape index (κ3) is 3.40. The molecule has 0 aliphatic rings. The number of nitrogens with zero attached hydrogens (tertiary/aromatic N) is 2. The molecule has 0 unspecified atom stereocenters. The Morgan fingerprint density at radius 1 is 0.575 bits per heavy atom. The molecule has 0 radical (unpaired) electrons. The molecule has 0 amide bonds. The van der Waals surface area contributed by atoms with Gasteiger partial charge in [0.15, 0.2) is 0 Å². The normalized spacial score (nSPS) is 14.1. The van der Waals surface area contributed by atoms with Gasteiger partial charge in [-0.1, -0.05) is 115 Å². The summed E-state index contributed by atoms with van der Waals surface area (Å²) >= 11 is 0. The molecule has 0 spiro atoms. The molecule has 1 heterocycles. The highest BCUT2D eigenvalue weighted by atomic mass is 15.1. The van der Waals surface area contributed by atoms with Crippen LogP contribution in [-0.2, 0) is 0 Å². The van der Waals surface area contributed by atoms with Crippen LogP contribution in [0.3, 0.4) is 0 Å². The van der Waals surface area contributed by atoms with Crippen molar-refractivity contribution in [3.05, 3.63) is 145 Å². The van der Waals surface area contributed by atoms with Crippen LogP contribution >= 0.6 is 0 Å². The van der Waals surface area contributed by atoms with E-state index in [0.29, 0.717) is 5.56 Å². The van der Waals surface area contributed by atoms with Gasteiger partial charge in [0, 0.05) is 5.69 Å². The SMILES string of the molecule is [2H]c1c([2H])c([2H])c2c(-c3c4ccccc4c(-c4ccc(-n5c(C)nc6ccccc65)cc4)c4ccccc34)c([2H])c([2H])c([2H])c2c1[2H]. The number of para-hydroxylation sites is 2. The molecule has 0 saturated carbocycles. The van der Waals surface area contributed by atoms with Crippen molar-refractivity contribution in [2.24, 2.45) is 0 Å². The number of aromatic nitrogens is 2. The Morgan fingerprint density at radius 2 is 1.18 bits per heavy atom. The molecule has 0 N–H and O–H groups in total. The third-order valence-electron chi connectivity index (χ3n) is 7.64. The van der Waals surface area contributed by atoms with Crippen molar-refractivity contribution in [2.45, 2.75) is 6.92 Å². The summed E-state index contributed by atoms with van der Waals surface area (Å²) in [6.07, 6.45) is 0. The maximum atomic E-state index is 9.11. The molecule has 2 nitrogen and oxygen atoms in total. The lowest BCUT2D eigenvalue weighted by Crippen LogP contribution is -1.97. The molecule has 0 aliphatic carbocycles. The summed E-state index contributed by atoms with van der Waals surface area (Å²) in [4.78, 5) is 4.73. The van der Waals surface area contributed by atoms with E-state index in [1.54, 1.807) is 0 Å². The Kier molecular flexibility index (Phi) is 3.72. The van der Waals surface area contributed by atoms with Crippen molar-refractivity contribution in [1.82, 2.24) is 9.55 Å². The fourth-order valence-electron chi connectivity index (χ4n) is 5.96. The Labute approximate surface area is 242 Å². The average molecular weight is 518 g/mol. The van der Waals surface area contributed by atoms with Gasteiger partial charge >= 0.3 is 0 Å². The first kappa shape index (κ1) is 16.7. The van der Waals surface area contributed by atoms with Gasteiger partial charge in [-0.3, -0.25) is 4.57 Å². The van der Waals surface area contributed by atoms with Gasteiger partial charge < -0.3 is 0 Å². The quantitative estimate of drug-likeness (QED) is 0.213. The topological polar surface area (TPSA) is 17.8 Å². The number of rotatable bonds is 3. The lowest BCUT2D eigenvalue weighted by Gasteiger charge is -2.19. The van der Waals surface area contributed by atoms with Crippen molar-refractivity contribution < 1.29 is 9.60 Å². The van der Waals surface area contributed by atoms with E-state index in [1.165, 1.54) is 0 Å². The van der Waals surface area contributed by atoms with Crippen LogP contribution in [0.2, 0.25) is 0 Å². The Balaban J connectivity index is 1.46. The van der Waals surface area contributed by atoms with E-state index in [9.17, 15) is 0 Å². The highest BCUT2D eigenvalue weighted by Crippen LogP contribution is 2.45. The van der Waals surface area contributed by atoms with E-state index in [0.717, 1.165) is 55.2 Å². The molecule has 8 aromatic rings. The van der Waals surface area contributed by atoms with Gasteiger partial charge in [-0.2, -0.15) is 0 Å². The van der Waals surface area contributed by atoms with Gasteiger partial charge in [0.25, 0.3) is 0 Å². The first-order valence-electron chi connectivity index (χ1n) is 16.7. The molecule has 188 valence electrons. The maximum Gasteiger partial charge on any atom is 0.111 e. The molecule has 1 aromatic heterocycles. The molecule has 0 atom stereocenters. The number of benzene rings is 7. The second-order valence-corrected chi connectivity index (χ2v) is 9.87. The Morgan fingerprint density at radius 3 is 1.90 bits per heavy atom. The standard InChI is InChI=1S/C38H26N2/c1-25-39-35-19-8-9-20-36(35)40(25)28-23-21-27(22-24-28)37-31-14-4-6-16-33(31)38(34-17-7-5-15-32(34)37)30-18-10-12-26-11-2-3-13-29(26)30/h2-24H,1H3/i2D,3D,10D,11D,12D,13D,18D. The molecule has 7 aromatic carbocycles. The molecule has 0 bridgehead atoms. The van der Waals surface area contributed by atoms with Crippen LogP contribution in [0, 0.1) is 6.92 Å². The van der Waals surface area contributed by atoms with Gasteiger partial charge in [0.2, 0.25) is 0 Å². The summed E-state index contributed by atoms with van der Waals surface area (Å²) in [5.74, 6) is 0.892. The summed E-state index contributed by atoms with van der Waals surface area (Å²) in [6, 6.07) is 29.4. The largest absolute Gasteiger partial charge is 0.297 e. The molecule has 0 saturated heterocycles. The molecule has 2 heteroatoms. The fraction of sp³-hybridized carbons (Fsp3) is 0.0263. The van der Waals surface area contributed by atoms with E-state index < -0.39 is 12.1 Å². The first-order valence-corrected chi connectivity index (χ1v) is 13.2. The monoisotopic (exact) mass is 517 g/mol. The van der Waals surface area contributed by atoms with E-state index in [2.05, 4.69) is 34.9 Å². The number of imidazole rings is 1. The molecule has 8 rings (SSSR count). The fourth-order valence-corrected chi connectivity index (χ4v) is 5.96. The van der Waals surface area contributed by atoms with Gasteiger partial charge in [0.1, 0.15) is 5.82 Å². The number of hydrogen-bond donors (Lipinski definition) is 0. The predicted octanol–water partition coefficient (Wildman–Crippen LogP) is 10.1. The minimum Gasteiger partial charge on any atom is -0.297 e. The lowest BCUT2D eigenvalue weighted by atomic mass is 9.85. The second-order valence-electron chi connectivity index (χ2n) is 9.87. The maximum absolute atomic E-state index is 9.11. The predicted molar refractivity (Wildman–Crippen MR) is 169 cm³/mol. The zero-order chi connectivity index (χ0) is 32.7. The van der Waals surface area contributed by atoms with Crippen molar-refractivity contribution in [3.8, 4) is 27.9 Å². The van der Waals surface area contributed by atoms with Gasteiger partial charge in [-0.25, -0.2) is 4.98 Å². The second kappa shape index (κ2) is 8.93. The highest BCUT2D eigenvalue weighted by Gasteiger charge is 2.18. The van der Waals surface area contributed by atoms with E-state index >= 15 is 0 Å². The number of fused-ring (bicyclic) bond motifs is 4. The van der Waals surface area contributed by atoms with Crippen LogP contribution in [-0.4, -0.2) is 9.55 Å². The van der Waals surface area contributed by atoms with Crippen LogP contribution in [0.5, 0.6) is 0 Å². The molecule has 40 heavy (non-hydrogen) atoms. The minimum atomic E-state index is -0.466. The van der Waals surface area contributed by atoms with Crippen LogP contribution in [0.15, 0.2) is 139 Å². The van der Waals surface area contributed by atoms with E-state index in [-0.39, 0.29) is 46.5 Å². The molecule has 0 aliphatic heterocycles. The van der Waals surface area contributed by atoms with Crippen LogP contribution in [0.1, 0.15) is 15.4 Å². The third-order valence-corrected chi connectivity index (χ3v) is 7.64. The smallest absolute Gasteiger partial charge is 0.111 e. The summed E-state index contributed by atoms with van der Waals surface area (Å²) < 4.78 is 62.8. The first-order chi connectivity index (χ1) is 22.7. The summed E-state index contributed by atoms with van der Waals surface area (Å²) in [5, 5.41) is 3.38. The van der Waals surface area contributed by atoms with Crippen LogP contribution in [0.4, 0.5) is 0 Å². The number of aryl methyl sites for hydroxylation is 1.